The Morgan fingerprint density at radius 3 is 2.57 bits per heavy atom. The SMILES string of the molecule is CCN(CC)c1ccc(/C=N/NC(=O)c2nnn(-c3nonc3N)c2CN2CCC(C)CC2)cc1. The van der Waals surface area contributed by atoms with Gasteiger partial charge < -0.3 is 10.6 Å². The Hall–Kier alpha value is -3.80. The first-order chi connectivity index (χ1) is 17.0. The standard InChI is InChI=1S/C23H32N10O2/c1-4-32(5-2)18-8-6-17(7-9-18)14-25-27-23(34)20-19(15-31-12-10-16(3)11-13-31)33(30-26-20)22-21(24)28-35-29-22/h6-9,14,16H,4-5,10-13,15H2,1-3H3,(H2,24,28)(H,27,34)/b25-14+. The number of nitrogen functional groups attached to an aromatic ring is 1. The zero-order valence-electron chi connectivity index (χ0n) is 20.4. The van der Waals surface area contributed by atoms with Gasteiger partial charge in [0.05, 0.1) is 11.9 Å². The first-order valence-corrected chi connectivity index (χ1v) is 11.9. The van der Waals surface area contributed by atoms with E-state index in [4.69, 9.17) is 10.4 Å². The first-order valence-electron chi connectivity index (χ1n) is 11.9. The molecule has 0 saturated carbocycles. The number of nitrogens with one attached hydrogen (secondary N) is 1. The second-order valence-corrected chi connectivity index (χ2v) is 8.69. The van der Waals surface area contributed by atoms with Gasteiger partial charge in [-0.25, -0.2) is 10.1 Å². The van der Waals surface area contributed by atoms with Crippen molar-refractivity contribution in [2.75, 3.05) is 36.8 Å². The molecular formula is C23H32N10O2. The van der Waals surface area contributed by atoms with E-state index in [1.165, 1.54) is 4.68 Å². The summed E-state index contributed by atoms with van der Waals surface area (Å²) in [5, 5.41) is 19.8. The van der Waals surface area contributed by atoms with E-state index in [1.54, 1.807) is 6.21 Å². The highest BCUT2D eigenvalue weighted by Crippen LogP contribution is 2.22. The van der Waals surface area contributed by atoms with E-state index >= 15 is 0 Å². The van der Waals surface area contributed by atoms with Gasteiger partial charge in [0.25, 0.3) is 5.91 Å². The lowest BCUT2D eigenvalue weighted by molar-refractivity contribution is 0.0947. The average molecular weight is 481 g/mol. The molecule has 0 aliphatic carbocycles. The minimum absolute atomic E-state index is 0.0709. The molecule has 3 heterocycles. The van der Waals surface area contributed by atoms with Crippen LogP contribution in [-0.2, 0) is 6.54 Å². The molecule has 4 rings (SSSR count). The molecule has 1 aliphatic heterocycles. The van der Waals surface area contributed by atoms with Crippen LogP contribution in [0.25, 0.3) is 5.82 Å². The summed E-state index contributed by atoms with van der Waals surface area (Å²) < 4.78 is 6.14. The van der Waals surface area contributed by atoms with Gasteiger partial charge in [-0.2, -0.15) is 9.78 Å². The highest BCUT2D eigenvalue weighted by molar-refractivity contribution is 5.94. The number of aromatic nitrogens is 5. The number of likely N-dealkylation sites (tertiary alicyclic amines) is 1. The second-order valence-electron chi connectivity index (χ2n) is 8.69. The molecular weight excluding hydrogens is 448 g/mol. The van der Waals surface area contributed by atoms with Crippen LogP contribution in [0.1, 0.15) is 55.4 Å². The van der Waals surface area contributed by atoms with Gasteiger partial charge in [0.1, 0.15) is 0 Å². The number of hydrogen-bond acceptors (Lipinski definition) is 10. The summed E-state index contributed by atoms with van der Waals surface area (Å²) in [7, 11) is 0. The molecule has 2 aromatic heterocycles. The first kappa shape index (κ1) is 24.3. The zero-order chi connectivity index (χ0) is 24.8. The van der Waals surface area contributed by atoms with E-state index in [0.717, 1.165) is 50.3 Å². The third-order valence-corrected chi connectivity index (χ3v) is 6.33. The van der Waals surface area contributed by atoms with Crippen LogP contribution in [0.2, 0.25) is 0 Å². The zero-order valence-corrected chi connectivity index (χ0v) is 20.4. The van der Waals surface area contributed by atoms with Crippen molar-refractivity contribution in [2.45, 2.75) is 40.2 Å². The molecule has 0 spiro atoms. The van der Waals surface area contributed by atoms with Crippen molar-refractivity contribution in [3.63, 3.8) is 0 Å². The predicted molar refractivity (Wildman–Crippen MR) is 132 cm³/mol. The summed E-state index contributed by atoms with van der Waals surface area (Å²) in [6.45, 7) is 10.7. The topological polar surface area (TPSA) is 144 Å². The van der Waals surface area contributed by atoms with Gasteiger partial charge in [-0.05, 0) is 73.7 Å². The summed E-state index contributed by atoms with van der Waals surface area (Å²) in [4.78, 5) is 17.5. The van der Waals surface area contributed by atoms with Crippen LogP contribution in [0.3, 0.4) is 0 Å². The molecule has 186 valence electrons. The number of piperidine rings is 1. The minimum atomic E-state index is -0.470. The number of carbonyl (C=O) groups excluding carboxylic acids is 1. The smallest absolute Gasteiger partial charge is 0.293 e. The number of amides is 1. The number of carbonyl (C=O) groups is 1. The molecule has 0 radical (unpaired) electrons. The molecule has 1 saturated heterocycles. The maximum absolute atomic E-state index is 13.0. The molecule has 1 fully saturated rings. The summed E-state index contributed by atoms with van der Waals surface area (Å²) >= 11 is 0. The van der Waals surface area contributed by atoms with Crippen molar-refractivity contribution in [2.24, 2.45) is 11.0 Å². The van der Waals surface area contributed by atoms with Crippen LogP contribution in [-0.4, -0.2) is 68.5 Å². The molecule has 3 aromatic rings. The van der Waals surface area contributed by atoms with Crippen molar-refractivity contribution in [1.29, 1.82) is 0 Å². The van der Waals surface area contributed by atoms with Crippen LogP contribution in [0.15, 0.2) is 34.0 Å². The van der Waals surface area contributed by atoms with Crippen LogP contribution >= 0.6 is 0 Å². The Morgan fingerprint density at radius 1 is 1.23 bits per heavy atom. The van der Waals surface area contributed by atoms with Gasteiger partial charge >= 0.3 is 0 Å². The van der Waals surface area contributed by atoms with Crippen LogP contribution in [0.5, 0.6) is 0 Å². The lowest BCUT2D eigenvalue weighted by Crippen LogP contribution is -2.34. The van der Waals surface area contributed by atoms with Crippen LogP contribution < -0.4 is 16.1 Å². The van der Waals surface area contributed by atoms with Gasteiger partial charge in [0.15, 0.2) is 5.69 Å². The molecule has 12 heteroatoms. The van der Waals surface area contributed by atoms with Gasteiger partial charge in [-0.1, -0.05) is 24.3 Å². The summed E-state index contributed by atoms with van der Waals surface area (Å²) in [6.07, 6.45) is 3.78. The van der Waals surface area contributed by atoms with E-state index in [9.17, 15) is 4.79 Å². The fourth-order valence-electron chi connectivity index (χ4n) is 4.14. The van der Waals surface area contributed by atoms with E-state index < -0.39 is 5.91 Å². The number of nitrogens with two attached hydrogens (primary N) is 1. The summed E-state index contributed by atoms with van der Waals surface area (Å²) in [6, 6.07) is 8.00. The highest BCUT2D eigenvalue weighted by atomic mass is 16.6. The average Bonchev–Trinajstić information content (AvgIpc) is 3.47. The molecule has 1 amide bonds. The molecule has 0 atom stereocenters. The molecule has 12 nitrogen and oxygen atoms in total. The van der Waals surface area contributed by atoms with Crippen molar-refractivity contribution in [3.05, 3.63) is 41.2 Å². The molecule has 0 unspecified atom stereocenters. The number of hydrogen-bond donors (Lipinski definition) is 2. The summed E-state index contributed by atoms with van der Waals surface area (Å²) in [5.74, 6) is 0.487. The molecule has 1 aliphatic rings. The largest absolute Gasteiger partial charge is 0.378 e. The fraction of sp³-hybridized carbons (Fsp3) is 0.478. The Balaban J connectivity index is 1.49. The number of hydrazone groups is 1. The molecule has 35 heavy (non-hydrogen) atoms. The van der Waals surface area contributed by atoms with Crippen molar-refractivity contribution in [3.8, 4) is 5.82 Å². The number of nitrogens with zero attached hydrogens (tertiary/aromatic N) is 8. The van der Waals surface area contributed by atoms with E-state index in [1.807, 2.05) is 24.3 Å². The van der Waals surface area contributed by atoms with Crippen LogP contribution in [0, 0.1) is 5.92 Å². The Bertz CT molecular complexity index is 1140. The van der Waals surface area contributed by atoms with Gasteiger partial charge in [0.2, 0.25) is 11.6 Å². The van der Waals surface area contributed by atoms with Gasteiger partial charge in [0, 0.05) is 25.3 Å². The molecule has 1 aromatic carbocycles. The third-order valence-electron chi connectivity index (χ3n) is 6.33. The normalized spacial score (nSPS) is 15.1. The van der Waals surface area contributed by atoms with Gasteiger partial charge in [-0.3, -0.25) is 9.69 Å². The Labute approximate surface area is 204 Å². The molecule has 3 N–H and O–H groups in total. The maximum Gasteiger partial charge on any atom is 0.293 e. The van der Waals surface area contributed by atoms with Crippen LogP contribution in [0.4, 0.5) is 11.5 Å². The second kappa shape index (κ2) is 11.1. The van der Waals surface area contributed by atoms with E-state index in [2.05, 4.69) is 61.7 Å². The van der Waals surface area contributed by atoms with Crippen molar-refractivity contribution < 1.29 is 9.42 Å². The fourth-order valence-corrected chi connectivity index (χ4v) is 4.14. The van der Waals surface area contributed by atoms with Crippen molar-refractivity contribution >= 4 is 23.6 Å². The third kappa shape index (κ3) is 5.65. The molecule has 0 bridgehead atoms. The summed E-state index contributed by atoms with van der Waals surface area (Å²) in [5.41, 5.74) is 11.2. The number of anilines is 2. The van der Waals surface area contributed by atoms with E-state index in [0.29, 0.717) is 18.2 Å². The number of rotatable bonds is 9. The predicted octanol–water partition coefficient (Wildman–Crippen LogP) is 2.07. The van der Waals surface area contributed by atoms with E-state index in [-0.39, 0.29) is 17.3 Å². The number of benzene rings is 1. The van der Waals surface area contributed by atoms with Gasteiger partial charge in [-0.15, -0.1) is 5.10 Å². The highest BCUT2D eigenvalue weighted by Gasteiger charge is 2.26. The lowest BCUT2D eigenvalue weighted by atomic mass is 9.99. The lowest BCUT2D eigenvalue weighted by Gasteiger charge is -2.30. The monoisotopic (exact) mass is 480 g/mol. The minimum Gasteiger partial charge on any atom is -0.378 e. The Kier molecular flexibility index (Phi) is 7.70. The quantitative estimate of drug-likeness (QED) is 0.347. The van der Waals surface area contributed by atoms with Crippen molar-refractivity contribution in [1.82, 2.24) is 35.6 Å². The Morgan fingerprint density at radius 2 is 1.94 bits per heavy atom. The maximum atomic E-state index is 13.0.